The van der Waals surface area contributed by atoms with Gasteiger partial charge in [0.05, 0.1) is 5.69 Å². The fourth-order valence-corrected chi connectivity index (χ4v) is 2.61. The second kappa shape index (κ2) is 6.56. The molecule has 1 N–H and O–H groups in total. The normalized spacial score (nSPS) is 12.2. The van der Waals surface area contributed by atoms with Crippen molar-refractivity contribution in [3.63, 3.8) is 0 Å². The first kappa shape index (κ1) is 16.2. The third-order valence-electron chi connectivity index (χ3n) is 2.57. The van der Waals surface area contributed by atoms with Crippen molar-refractivity contribution in [2.75, 3.05) is 18.0 Å². The molecule has 0 aliphatic carbocycles. The molecular weight excluding hydrogens is 275 g/mol. The minimum atomic E-state index is -4.20. The Labute approximate surface area is 115 Å². The van der Waals surface area contributed by atoms with Crippen molar-refractivity contribution in [2.24, 2.45) is 0 Å². The standard InChI is InChI=1S/C12H20F3N3S/c1-5-18(7-12(13,14)15)11-17-9(4)10(19-11)6-16-8(2)3/h8,16H,5-7H2,1-4H3. The van der Waals surface area contributed by atoms with E-state index in [0.29, 0.717) is 24.3 Å². The lowest BCUT2D eigenvalue weighted by Crippen LogP contribution is -2.33. The summed E-state index contributed by atoms with van der Waals surface area (Å²) in [5.41, 5.74) is 0.800. The first-order valence-electron chi connectivity index (χ1n) is 6.24. The number of alkyl halides is 3. The molecular formula is C12H20F3N3S. The number of anilines is 1. The Morgan fingerprint density at radius 1 is 1.37 bits per heavy atom. The quantitative estimate of drug-likeness (QED) is 0.872. The van der Waals surface area contributed by atoms with Gasteiger partial charge in [-0.2, -0.15) is 13.2 Å². The largest absolute Gasteiger partial charge is 0.406 e. The highest BCUT2D eigenvalue weighted by atomic mass is 32.1. The molecule has 0 aliphatic rings. The first-order valence-corrected chi connectivity index (χ1v) is 7.06. The Bertz CT molecular complexity index is 401. The number of hydrogen-bond donors (Lipinski definition) is 1. The van der Waals surface area contributed by atoms with Crippen LogP contribution in [-0.4, -0.2) is 30.3 Å². The number of aromatic nitrogens is 1. The van der Waals surface area contributed by atoms with E-state index in [-0.39, 0.29) is 0 Å². The SMILES string of the molecule is CCN(CC(F)(F)F)c1nc(C)c(CNC(C)C)s1. The maximum Gasteiger partial charge on any atom is 0.406 e. The van der Waals surface area contributed by atoms with Crippen LogP contribution in [0.3, 0.4) is 0 Å². The fourth-order valence-electron chi connectivity index (χ4n) is 1.54. The van der Waals surface area contributed by atoms with E-state index in [2.05, 4.69) is 10.3 Å². The van der Waals surface area contributed by atoms with Crippen LogP contribution in [0.4, 0.5) is 18.3 Å². The molecule has 0 amide bonds. The summed E-state index contributed by atoms with van der Waals surface area (Å²) in [5.74, 6) is 0. The average molecular weight is 295 g/mol. The van der Waals surface area contributed by atoms with Crippen LogP contribution in [0.5, 0.6) is 0 Å². The van der Waals surface area contributed by atoms with E-state index >= 15 is 0 Å². The lowest BCUT2D eigenvalue weighted by molar-refractivity contribution is -0.119. The molecule has 0 atom stereocenters. The molecule has 0 saturated heterocycles. The topological polar surface area (TPSA) is 28.2 Å². The van der Waals surface area contributed by atoms with E-state index in [1.807, 2.05) is 20.8 Å². The summed E-state index contributed by atoms with van der Waals surface area (Å²) >= 11 is 1.33. The molecule has 1 aromatic rings. The molecule has 3 nitrogen and oxygen atoms in total. The zero-order valence-electron chi connectivity index (χ0n) is 11.6. The average Bonchev–Trinajstić information content (AvgIpc) is 2.63. The second-order valence-electron chi connectivity index (χ2n) is 4.67. The molecule has 0 fully saturated rings. The molecule has 1 aromatic heterocycles. The summed E-state index contributed by atoms with van der Waals surface area (Å²) < 4.78 is 37.4. The summed E-state index contributed by atoms with van der Waals surface area (Å²) in [6.07, 6.45) is -4.20. The second-order valence-corrected chi connectivity index (χ2v) is 5.73. The minimum Gasteiger partial charge on any atom is -0.339 e. The van der Waals surface area contributed by atoms with Gasteiger partial charge in [-0.3, -0.25) is 0 Å². The fraction of sp³-hybridized carbons (Fsp3) is 0.750. The van der Waals surface area contributed by atoms with Crippen molar-refractivity contribution in [3.05, 3.63) is 10.6 Å². The zero-order valence-corrected chi connectivity index (χ0v) is 12.5. The van der Waals surface area contributed by atoms with Gasteiger partial charge in [0.2, 0.25) is 0 Å². The Morgan fingerprint density at radius 2 is 2.00 bits per heavy atom. The van der Waals surface area contributed by atoms with E-state index in [1.54, 1.807) is 6.92 Å². The first-order chi connectivity index (χ1) is 8.73. The van der Waals surface area contributed by atoms with Crippen molar-refractivity contribution in [2.45, 2.75) is 46.5 Å². The number of aryl methyl sites for hydroxylation is 1. The van der Waals surface area contributed by atoms with Gasteiger partial charge in [0, 0.05) is 24.0 Å². The highest BCUT2D eigenvalue weighted by Gasteiger charge is 2.31. The van der Waals surface area contributed by atoms with Crippen LogP contribution in [0, 0.1) is 6.92 Å². The van der Waals surface area contributed by atoms with Crippen LogP contribution in [0.1, 0.15) is 31.3 Å². The molecule has 0 bridgehead atoms. The molecule has 7 heteroatoms. The molecule has 0 unspecified atom stereocenters. The Kier molecular flexibility index (Phi) is 5.61. The number of nitrogens with zero attached hydrogens (tertiary/aromatic N) is 2. The smallest absolute Gasteiger partial charge is 0.339 e. The summed E-state index contributed by atoms with van der Waals surface area (Å²) in [7, 11) is 0. The van der Waals surface area contributed by atoms with Gasteiger partial charge in [-0.15, -0.1) is 11.3 Å². The van der Waals surface area contributed by atoms with Crippen LogP contribution >= 0.6 is 11.3 Å². The van der Waals surface area contributed by atoms with Crippen LogP contribution < -0.4 is 10.2 Å². The maximum atomic E-state index is 12.5. The summed E-state index contributed by atoms with van der Waals surface area (Å²) in [6, 6.07) is 0.336. The third kappa shape index (κ3) is 5.36. The van der Waals surface area contributed by atoms with Crippen LogP contribution in [0.15, 0.2) is 0 Å². The van der Waals surface area contributed by atoms with Gasteiger partial charge in [0.1, 0.15) is 6.54 Å². The van der Waals surface area contributed by atoms with E-state index in [4.69, 9.17) is 0 Å². The van der Waals surface area contributed by atoms with Gasteiger partial charge in [-0.25, -0.2) is 4.98 Å². The van der Waals surface area contributed by atoms with Gasteiger partial charge < -0.3 is 10.2 Å². The number of halogens is 3. The van der Waals surface area contributed by atoms with E-state index < -0.39 is 12.7 Å². The van der Waals surface area contributed by atoms with E-state index in [0.717, 1.165) is 10.6 Å². The highest BCUT2D eigenvalue weighted by molar-refractivity contribution is 7.15. The van der Waals surface area contributed by atoms with Gasteiger partial charge in [-0.05, 0) is 13.8 Å². The van der Waals surface area contributed by atoms with Crippen LogP contribution in [-0.2, 0) is 6.54 Å². The molecule has 0 aromatic carbocycles. The van der Waals surface area contributed by atoms with E-state index in [1.165, 1.54) is 16.2 Å². The molecule has 0 radical (unpaired) electrons. The molecule has 1 rings (SSSR count). The Balaban J connectivity index is 2.79. The molecule has 0 saturated carbocycles. The summed E-state index contributed by atoms with van der Waals surface area (Å²) in [5, 5.41) is 3.69. The number of rotatable bonds is 6. The maximum absolute atomic E-state index is 12.5. The van der Waals surface area contributed by atoms with Crippen LogP contribution in [0.25, 0.3) is 0 Å². The van der Waals surface area contributed by atoms with Crippen molar-refractivity contribution >= 4 is 16.5 Å². The zero-order chi connectivity index (χ0) is 14.6. The predicted molar refractivity (Wildman–Crippen MR) is 72.8 cm³/mol. The molecule has 110 valence electrons. The Morgan fingerprint density at radius 3 is 2.47 bits per heavy atom. The highest BCUT2D eigenvalue weighted by Crippen LogP contribution is 2.28. The predicted octanol–water partition coefficient (Wildman–Crippen LogP) is 3.34. The van der Waals surface area contributed by atoms with Gasteiger partial charge in [0.15, 0.2) is 5.13 Å². The molecule has 19 heavy (non-hydrogen) atoms. The Hall–Kier alpha value is -0.820. The monoisotopic (exact) mass is 295 g/mol. The van der Waals surface area contributed by atoms with Gasteiger partial charge >= 0.3 is 6.18 Å². The van der Waals surface area contributed by atoms with Crippen molar-refractivity contribution < 1.29 is 13.2 Å². The van der Waals surface area contributed by atoms with Gasteiger partial charge in [0.25, 0.3) is 0 Å². The number of thiazole rings is 1. The van der Waals surface area contributed by atoms with Crippen molar-refractivity contribution in [1.82, 2.24) is 10.3 Å². The number of nitrogens with one attached hydrogen (secondary N) is 1. The van der Waals surface area contributed by atoms with E-state index in [9.17, 15) is 13.2 Å². The molecule has 0 aliphatic heterocycles. The minimum absolute atomic E-state index is 0.295. The third-order valence-corrected chi connectivity index (χ3v) is 3.79. The lowest BCUT2D eigenvalue weighted by atomic mass is 10.3. The van der Waals surface area contributed by atoms with Crippen molar-refractivity contribution in [1.29, 1.82) is 0 Å². The van der Waals surface area contributed by atoms with Gasteiger partial charge in [-0.1, -0.05) is 13.8 Å². The van der Waals surface area contributed by atoms with Crippen LogP contribution in [0.2, 0.25) is 0 Å². The lowest BCUT2D eigenvalue weighted by Gasteiger charge is -2.21. The molecule has 1 heterocycles. The van der Waals surface area contributed by atoms with Crippen molar-refractivity contribution in [3.8, 4) is 0 Å². The summed E-state index contributed by atoms with van der Waals surface area (Å²) in [6.45, 7) is 7.58. The summed E-state index contributed by atoms with van der Waals surface area (Å²) in [4.78, 5) is 6.50. The molecule has 0 spiro atoms. The number of hydrogen-bond acceptors (Lipinski definition) is 4.